The predicted molar refractivity (Wildman–Crippen MR) is 89.1 cm³/mol. The number of hydrogen-bond acceptors (Lipinski definition) is 4. The molecule has 2 saturated heterocycles. The van der Waals surface area contributed by atoms with Crippen molar-refractivity contribution in [1.82, 2.24) is 9.80 Å². The van der Waals surface area contributed by atoms with E-state index in [0.717, 1.165) is 31.6 Å². The summed E-state index contributed by atoms with van der Waals surface area (Å²) in [7, 11) is 0. The van der Waals surface area contributed by atoms with Gasteiger partial charge in [-0.15, -0.1) is 0 Å². The van der Waals surface area contributed by atoms with Gasteiger partial charge in [0.2, 0.25) is 5.91 Å². The van der Waals surface area contributed by atoms with Crippen molar-refractivity contribution in [2.45, 2.75) is 70.7 Å². The number of carbonyl (C=O) groups is 1. The summed E-state index contributed by atoms with van der Waals surface area (Å²) >= 11 is 0. The van der Waals surface area contributed by atoms with Crippen LogP contribution in [0.15, 0.2) is 0 Å². The van der Waals surface area contributed by atoms with Gasteiger partial charge in [0.15, 0.2) is 6.29 Å². The molecule has 1 aliphatic carbocycles. The van der Waals surface area contributed by atoms with Crippen LogP contribution in [0.2, 0.25) is 0 Å². The van der Waals surface area contributed by atoms with Crippen molar-refractivity contribution in [2.24, 2.45) is 5.92 Å². The molecule has 5 heteroatoms. The molecule has 0 spiro atoms. The number of nitrogens with zero attached hydrogens (tertiary/aromatic N) is 2. The van der Waals surface area contributed by atoms with Crippen molar-refractivity contribution in [3.05, 3.63) is 0 Å². The Labute approximate surface area is 140 Å². The fraction of sp³-hybridized carbons (Fsp3) is 0.944. The highest BCUT2D eigenvalue weighted by atomic mass is 16.7. The van der Waals surface area contributed by atoms with Gasteiger partial charge in [-0.2, -0.15) is 0 Å². The fourth-order valence-corrected chi connectivity index (χ4v) is 4.34. The molecule has 0 aromatic heterocycles. The molecule has 0 radical (unpaired) electrons. The van der Waals surface area contributed by atoms with Gasteiger partial charge >= 0.3 is 0 Å². The molecular weight excluding hydrogens is 292 g/mol. The van der Waals surface area contributed by atoms with Gasteiger partial charge in [0.05, 0.1) is 6.42 Å². The third kappa shape index (κ3) is 4.25. The van der Waals surface area contributed by atoms with Crippen LogP contribution in [0.1, 0.15) is 52.4 Å². The first-order valence-electron chi connectivity index (χ1n) is 9.49. The van der Waals surface area contributed by atoms with E-state index in [9.17, 15) is 4.79 Å². The Morgan fingerprint density at radius 2 is 1.83 bits per heavy atom. The maximum atomic E-state index is 12.6. The first kappa shape index (κ1) is 17.2. The van der Waals surface area contributed by atoms with E-state index in [-0.39, 0.29) is 12.2 Å². The van der Waals surface area contributed by atoms with Gasteiger partial charge in [0.1, 0.15) is 0 Å². The van der Waals surface area contributed by atoms with E-state index in [1.807, 2.05) is 13.8 Å². The molecular formula is C18H32N2O3. The van der Waals surface area contributed by atoms with Gasteiger partial charge in [-0.05, 0) is 58.4 Å². The highest BCUT2D eigenvalue weighted by Crippen LogP contribution is 2.38. The van der Waals surface area contributed by atoms with E-state index in [4.69, 9.17) is 9.47 Å². The summed E-state index contributed by atoms with van der Waals surface area (Å²) in [6.07, 6.45) is 6.45. The summed E-state index contributed by atoms with van der Waals surface area (Å²) in [6, 6.07) is 1.57. The minimum atomic E-state index is -0.385. The molecule has 132 valence electrons. The van der Waals surface area contributed by atoms with Crippen molar-refractivity contribution in [2.75, 3.05) is 32.8 Å². The molecule has 0 unspecified atom stereocenters. The normalized spacial score (nSPS) is 28.9. The molecule has 2 heterocycles. The average molecular weight is 324 g/mol. The monoisotopic (exact) mass is 324 g/mol. The molecule has 0 aromatic rings. The van der Waals surface area contributed by atoms with E-state index < -0.39 is 0 Å². The van der Waals surface area contributed by atoms with Gasteiger partial charge in [0.25, 0.3) is 0 Å². The molecule has 3 aliphatic rings. The summed E-state index contributed by atoms with van der Waals surface area (Å²) in [4.78, 5) is 17.4. The minimum absolute atomic E-state index is 0.193. The highest BCUT2D eigenvalue weighted by molar-refractivity contribution is 5.76. The zero-order valence-electron chi connectivity index (χ0n) is 14.7. The van der Waals surface area contributed by atoms with E-state index in [1.165, 1.54) is 32.2 Å². The number of fused-ring (bicyclic) bond motifs is 1. The predicted octanol–water partition coefficient (Wildman–Crippen LogP) is 2.25. The molecule has 2 aliphatic heterocycles. The number of amides is 1. The van der Waals surface area contributed by atoms with E-state index >= 15 is 0 Å². The second-order valence-electron chi connectivity index (χ2n) is 7.11. The summed E-state index contributed by atoms with van der Waals surface area (Å²) in [5.41, 5.74) is 0. The molecule has 0 bridgehead atoms. The lowest BCUT2D eigenvalue weighted by molar-refractivity contribution is -0.161. The SMILES string of the molecule is CCOC(CC(=O)N1CC[C@@H]2[C@H](CCCN2C2CC2)C1)OCC. The van der Waals surface area contributed by atoms with Crippen LogP contribution in [0, 0.1) is 5.92 Å². The van der Waals surface area contributed by atoms with Crippen LogP contribution in [0.3, 0.4) is 0 Å². The van der Waals surface area contributed by atoms with Crippen LogP contribution in [-0.4, -0.2) is 66.9 Å². The van der Waals surface area contributed by atoms with Crippen LogP contribution in [0.25, 0.3) is 0 Å². The maximum absolute atomic E-state index is 12.6. The molecule has 3 fully saturated rings. The third-order valence-electron chi connectivity index (χ3n) is 5.53. The number of ether oxygens (including phenoxy) is 2. The number of likely N-dealkylation sites (tertiary alicyclic amines) is 2. The Hall–Kier alpha value is -0.650. The number of hydrogen-bond donors (Lipinski definition) is 0. The molecule has 3 rings (SSSR count). The summed E-state index contributed by atoms with van der Waals surface area (Å²) < 4.78 is 11.1. The summed E-state index contributed by atoms with van der Waals surface area (Å²) in [5.74, 6) is 0.860. The lowest BCUT2D eigenvalue weighted by Gasteiger charge is -2.47. The fourth-order valence-electron chi connectivity index (χ4n) is 4.34. The Balaban J connectivity index is 1.52. The molecule has 1 saturated carbocycles. The highest BCUT2D eigenvalue weighted by Gasteiger charge is 2.42. The lowest BCUT2D eigenvalue weighted by Crippen LogP contribution is -2.56. The van der Waals surface area contributed by atoms with Crippen molar-refractivity contribution >= 4 is 5.91 Å². The van der Waals surface area contributed by atoms with Gasteiger partial charge in [-0.25, -0.2) is 0 Å². The van der Waals surface area contributed by atoms with Crippen LogP contribution in [-0.2, 0) is 14.3 Å². The number of rotatable bonds is 7. The molecule has 1 amide bonds. The van der Waals surface area contributed by atoms with Crippen molar-refractivity contribution in [3.8, 4) is 0 Å². The van der Waals surface area contributed by atoms with Crippen molar-refractivity contribution in [1.29, 1.82) is 0 Å². The first-order valence-corrected chi connectivity index (χ1v) is 9.49. The van der Waals surface area contributed by atoms with Gasteiger partial charge in [-0.1, -0.05) is 0 Å². The molecule has 0 N–H and O–H groups in total. The zero-order valence-corrected chi connectivity index (χ0v) is 14.7. The van der Waals surface area contributed by atoms with E-state index in [2.05, 4.69) is 9.80 Å². The van der Waals surface area contributed by atoms with Crippen molar-refractivity contribution in [3.63, 3.8) is 0 Å². The van der Waals surface area contributed by atoms with E-state index in [1.54, 1.807) is 0 Å². The van der Waals surface area contributed by atoms with Crippen LogP contribution in [0.5, 0.6) is 0 Å². The Morgan fingerprint density at radius 3 is 2.48 bits per heavy atom. The smallest absolute Gasteiger partial charge is 0.227 e. The van der Waals surface area contributed by atoms with Gasteiger partial charge in [-0.3, -0.25) is 9.69 Å². The van der Waals surface area contributed by atoms with Gasteiger partial charge < -0.3 is 14.4 Å². The van der Waals surface area contributed by atoms with Crippen LogP contribution in [0.4, 0.5) is 0 Å². The standard InChI is InChI=1S/C18H32N2O3/c1-3-22-18(23-4-2)12-17(21)19-11-9-16-14(13-19)6-5-10-20(16)15-7-8-15/h14-16,18H,3-13H2,1-2H3/t14-,16-/m1/s1. The third-order valence-corrected chi connectivity index (χ3v) is 5.53. The zero-order chi connectivity index (χ0) is 16.2. The second kappa shape index (κ2) is 7.95. The van der Waals surface area contributed by atoms with Crippen molar-refractivity contribution < 1.29 is 14.3 Å². The van der Waals surface area contributed by atoms with Crippen LogP contribution < -0.4 is 0 Å². The largest absolute Gasteiger partial charge is 0.352 e. The van der Waals surface area contributed by atoms with Crippen LogP contribution >= 0.6 is 0 Å². The van der Waals surface area contributed by atoms with Gasteiger partial charge in [0, 0.05) is 38.4 Å². The number of carbonyl (C=O) groups excluding carboxylic acids is 1. The summed E-state index contributed by atoms with van der Waals surface area (Å²) in [6.45, 7) is 8.15. The van der Waals surface area contributed by atoms with E-state index in [0.29, 0.717) is 25.6 Å². The quantitative estimate of drug-likeness (QED) is 0.674. The maximum Gasteiger partial charge on any atom is 0.227 e. The molecule has 0 aromatic carbocycles. The molecule has 5 nitrogen and oxygen atoms in total. The Morgan fingerprint density at radius 1 is 1.09 bits per heavy atom. The Bertz CT molecular complexity index is 394. The second-order valence-corrected chi connectivity index (χ2v) is 7.11. The molecule has 2 atom stereocenters. The lowest BCUT2D eigenvalue weighted by atomic mass is 9.83. The topological polar surface area (TPSA) is 42.0 Å². The average Bonchev–Trinajstić information content (AvgIpc) is 3.39. The summed E-state index contributed by atoms with van der Waals surface area (Å²) in [5, 5.41) is 0. The minimum Gasteiger partial charge on any atom is -0.352 e. The number of piperidine rings is 2. The Kier molecular flexibility index (Phi) is 5.94. The molecule has 23 heavy (non-hydrogen) atoms. The first-order chi connectivity index (χ1) is 11.2.